The van der Waals surface area contributed by atoms with Gasteiger partial charge < -0.3 is 9.47 Å². The lowest BCUT2D eigenvalue weighted by Gasteiger charge is -2.35. The Labute approximate surface area is 428 Å². The third-order valence-corrected chi connectivity index (χ3v) is 19.5. The predicted molar refractivity (Wildman–Crippen MR) is 313 cm³/mol. The molecule has 0 radical (unpaired) electrons. The van der Waals surface area contributed by atoms with Gasteiger partial charge in [-0.3, -0.25) is 0 Å². The average Bonchev–Trinajstić information content (AvgIpc) is 3.82. The summed E-state index contributed by atoms with van der Waals surface area (Å²) in [7, 11) is -2.83. The number of para-hydroxylation sites is 2. The molecule has 3 heteroatoms. The fourth-order valence-electron chi connectivity index (χ4n) is 11.4. The van der Waals surface area contributed by atoms with Crippen LogP contribution < -0.4 is 25.6 Å². The molecule has 0 N–H and O–H groups in total. The van der Waals surface area contributed by atoms with E-state index in [0.29, 0.717) is 0 Å². The van der Waals surface area contributed by atoms with Crippen molar-refractivity contribution in [1.29, 1.82) is 0 Å². The van der Waals surface area contributed by atoms with E-state index < -0.39 is 8.07 Å². The molecular weight excluding hydrogens is 897 g/mol. The Balaban J connectivity index is 0.948. The molecule has 0 atom stereocenters. The summed E-state index contributed by atoms with van der Waals surface area (Å²) in [5.74, 6) is 0. The molecule has 0 unspecified atom stereocenters. The van der Waals surface area contributed by atoms with Crippen molar-refractivity contribution in [2.75, 3.05) is 4.90 Å². The highest BCUT2D eigenvalue weighted by molar-refractivity contribution is 7.19. The maximum absolute atomic E-state index is 2.83. The molecule has 0 saturated heterocycles. The van der Waals surface area contributed by atoms with Crippen molar-refractivity contribution in [1.82, 2.24) is 4.57 Å². The van der Waals surface area contributed by atoms with E-state index in [1.54, 1.807) is 0 Å². The van der Waals surface area contributed by atoms with Crippen LogP contribution in [0.4, 0.5) is 17.1 Å². The molecule has 0 amide bonds. The Hall–Kier alpha value is -9.28. The van der Waals surface area contributed by atoms with E-state index in [1.165, 1.54) is 86.7 Å². The van der Waals surface area contributed by atoms with Crippen molar-refractivity contribution in [2.45, 2.75) is 0 Å². The molecule has 0 aliphatic carbocycles. The van der Waals surface area contributed by atoms with E-state index in [1.807, 2.05) is 0 Å². The van der Waals surface area contributed by atoms with E-state index in [2.05, 4.69) is 313 Å². The van der Waals surface area contributed by atoms with E-state index in [0.717, 1.165) is 22.7 Å². The second-order valence-corrected chi connectivity index (χ2v) is 22.6. The molecule has 0 aliphatic heterocycles. The van der Waals surface area contributed by atoms with E-state index in [-0.39, 0.29) is 0 Å². The number of benzene rings is 12. The van der Waals surface area contributed by atoms with E-state index in [9.17, 15) is 0 Å². The van der Waals surface area contributed by atoms with Crippen LogP contribution in [0.25, 0.3) is 71.6 Å². The van der Waals surface area contributed by atoms with Gasteiger partial charge in [0.15, 0.2) is 8.07 Å². The molecule has 0 fully saturated rings. The molecule has 73 heavy (non-hydrogen) atoms. The Morgan fingerprint density at radius 2 is 0.699 bits per heavy atom. The molecule has 344 valence electrons. The van der Waals surface area contributed by atoms with Crippen LogP contribution in [0, 0.1) is 0 Å². The summed E-state index contributed by atoms with van der Waals surface area (Å²) in [6.45, 7) is 0. The quantitative estimate of drug-likeness (QED) is 0.0926. The zero-order chi connectivity index (χ0) is 48.6. The lowest BCUT2D eigenvalue weighted by Crippen LogP contribution is -2.74. The molecule has 1 heterocycles. The van der Waals surface area contributed by atoms with Crippen LogP contribution in [0.1, 0.15) is 0 Å². The topological polar surface area (TPSA) is 8.17 Å². The maximum Gasteiger partial charge on any atom is 0.179 e. The highest BCUT2D eigenvalue weighted by atomic mass is 28.3. The van der Waals surface area contributed by atoms with E-state index >= 15 is 0 Å². The number of hydrogen-bond donors (Lipinski definition) is 0. The minimum atomic E-state index is -2.83. The average molecular weight is 947 g/mol. The van der Waals surface area contributed by atoms with Gasteiger partial charge in [0.05, 0.1) is 11.0 Å². The fourth-order valence-corrected chi connectivity index (χ4v) is 16.2. The summed E-state index contributed by atoms with van der Waals surface area (Å²) >= 11 is 0. The maximum atomic E-state index is 2.46. The first-order chi connectivity index (χ1) is 36.2. The third kappa shape index (κ3) is 7.75. The highest BCUT2D eigenvalue weighted by Crippen LogP contribution is 2.41. The second kappa shape index (κ2) is 18.8. The molecule has 12 aromatic carbocycles. The van der Waals surface area contributed by atoms with Gasteiger partial charge in [-0.2, -0.15) is 0 Å². The van der Waals surface area contributed by atoms with Crippen molar-refractivity contribution in [3.63, 3.8) is 0 Å². The Bertz CT molecular complexity index is 3940. The minimum absolute atomic E-state index is 1.08. The molecule has 0 aliphatic rings. The Kier molecular flexibility index (Phi) is 11.3. The van der Waals surface area contributed by atoms with Crippen LogP contribution in [0.2, 0.25) is 0 Å². The van der Waals surface area contributed by atoms with Crippen LogP contribution in [0.5, 0.6) is 0 Å². The largest absolute Gasteiger partial charge is 0.311 e. The molecule has 13 rings (SSSR count). The summed E-state index contributed by atoms with van der Waals surface area (Å²) in [6.07, 6.45) is 0. The van der Waals surface area contributed by atoms with Crippen LogP contribution in [-0.4, -0.2) is 12.6 Å². The lowest BCUT2D eigenvalue weighted by molar-refractivity contribution is 1.18. The second-order valence-electron chi connectivity index (χ2n) is 18.8. The zero-order valence-corrected chi connectivity index (χ0v) is 41.3. The van der Waals surface area contributed by atoms with Gasteiger partial charge in [0.25, 0.3) is 0 Å². The highest BCUT2D eigenvalue weighted by Gasteiger charge is 2.41. The summed E-state index contributed by atoms with van der Waals surface area (Å²) in [4.78, 5) is 2.43. The Morgan fingerprint density at radius 1 is 0.274 bits per heavy atom. The van der Waals surface area contributed by atoms with Gasteiger partial charge in [-0.05, 0) is 126 Å². The molecule has 1 aromatic heterocycles. The molecule has 0 saturated carbocycles. The number of hydrogen-bond acceptors (Lipinski definition) is 1. The van der Waals surface area contributed by atoms with Crippen LogP contribution in [0.15, 0.2) is 303 Å². The smallest absolute Gasteiger partial charge is 0.179 e. The SMILES string of the molecule is c1ccc(-n2c3ccccc3c3c(-c4ccc(N(c5ccc(-c6ccc(-c7cccc8ccccc78)cc6)cc5)c5cccc([Si](c6ccccc6)(c6ccccc6)c6ccccc6)c5)cc4)cccc32)cc1. The van der Waals surface area contributed by atoms with Gasteiger partial charge in [0, 0.05) is 33.5 Å². The van der Waals surface area contributed by atoms with Gasteiger partial charge in [-0.25, -0.2) is 0 Å². The summed E-state index contributed by atoms with van der Waals surface area (Å²) in [6, 6.07) is 112. The number of rotatable bonds is 11. The van der Waals surface area contributed by atoms with Gasteiger partial charge >= 0.3 is 0 Å². The van der Waals surface area contributed by atoms with Crippen molar-refractivity contribution in [3.05, 3.63) is 303 Å². The molecule has 2 nitrogen and oxygen atoms in total. The standard InChI is InChI=1S/C70H50N2Si/c1-5-22-56(23-6-1)72-68-36-16-15-33-67(68)70-66(35-19-37-69(70)72)55-44-48-58(49-45-55)71(57-46-42-52(43-47-57)51-38-40-54(41-39-51)65-34-17-21-53-20-13-14-32-64(53)65)59-24-18-31-63(50-59)73(60-25-7-2-8-26-60,61-27-9-3-10-28-61)62-29-11-4-12-30-62/h1-50H. The molecule has 0 bridgehead atoms. The lowest BCUT2D eigenvalue weighted by atomic mass is 9.96. The number of aromatic nitrogens is 1. The summed E-state index contributed by atoms with van der Waals surface area (Å²) < 4.78 is 2.39. The first-order valence-corrected chi connectivity index (χ1v) is 27.2. The van der Waals surface area contributed by atoms with Gasteiger partial charge in [-0.1, -0.05) is 243 Å². The van der Waals surface area contributed by atoms with Gasteiger partial charge in [-0.15, -0.1) is 0 Å². The van der Waals surface area contributed by atoms with Crippen molar-refractivity contribution in [3.8, 4) is 39.1 Å². The van der Waals surface area contributed by atoms with E-state index in [4.69, 9.17) is 0 Å². The first kappa shape index (κ1) is 43.7. The summed E-state index contributed by atoms with van der Waals surface area (Å²) in [5, 5.41) is 10.4. The van der Waals surface area contributed by atoms with Crippen molar-refractivity contribution >= 4 is 78.5 Å². The molecule has 13 aromatic rings. The fraction of sp³-hybridized carbons (Fsp3) is 0. The zero-order valence-electron chi connectivity index (χ0n) is 40.3. The summed E-state index contributed by atoms with van der Waals surface area (Å²) in [5.41, 5.74) is 14.0. The third-order valence-electron chi connectivity index (χ3n) is 14.8. The monoisotopic (exact) mass is 946 g/mol. The number of anilines is 3. The van der Waals surface area contributed by atoms with Crippen molar-refractivity contribution in [2.24, 2.45) is 0 Å². The predicted octanol–water partition coefficient (Wildman–Crippen LogP) is 15.8. The van der Waals surface area contributed by atoms with Crippen LogP contribution in [0.3, 0.4) is 0 Å². The van der Waals surface area contributed by atoms with Gasteiger partial charge in [0.1, 0.15) is 0 Å². The molecule has 0 spiro atoms. The first-order valence-electron chi connectivity index (χ1n) is 25.2. The Morgan fingerprint density at radius 3 is 1.33 bits per heavy atom. The van der Waals surface area contributed by atoms with Crippen molar-refractivity contribution < 1.29 is 0 Å². The van der Waals surface area contributed by atoms with Crippen LogP contribution >= 0.6 is 0 Å². The molecular formula is C70H50N2Si. The minimum Gasteiger partial charge on any atom is -0.311 e. The van der Waals surface area contributed by atoms with Crippen LogP contribution in [-0.2, 0) is 0 Å². The number of nitrogens with zero attached hydrogens (tertiary/aromatic N) is 2. The number of fused-ring (bicyclic) bond motifs is 4. The van der Waals surface area contributed by atoms with Gasteiger partial charge in [0.2, 0.25) is 0 Å². The normalized spacial score (nSPS) is 11.6.